The first-order chi connectivity index (χ1) is 9.79. The fourth-order valence-electron chi connectivity index (χ4n) is 1.93. The highest BCUT2D eigenvalue weighted by Crippen LogP contribution is 2.35. The Balaban J connectivity index is 1.95. The summed E-state index contributed by atoms with van der Waals surface area (Å²) in [7, 11) is 0. The molecule has 1 atom stereocenters. The van der Waals surface area contributed by atoms with Gasteiger partial charge < -0.3 is 9.47 Å². The van der Waals surface area contributed by atoms with Crippen molar-refractivity contribution in [1.82, 2.24) is 9.97 Å². The van der Waals surface area contributed by atoms with E-state index in [-0.39, 0.29) is 12.6 Å². The number of benzene rings is 1. The molecule has 98 valence electrons. The maximum Gasteiger partial charge on any atom is 0.231 e. The van der Waals surface area contributed by atoms with Crippen LogP contribution in [0.25, 0.3) is 0 Å². The van der Waals surface area contributed by atoms with Crippen LogP contribution in [0.3, 0.4) is 0 Å². The van der Waals surface area contributed by atoms with Gasteiger partial charge in [-0.15, -0.1) is 0 Å². The number of hydrogen-bond acceptors (Lipinski definition) is 6. The molecule has 1 aromatic carbocycles. The molecule has 0 amide bonds. The van der Waals surface area contributed by atoms with E-state index in [0.29, 0.717) is 17.1 Å². The van der Waals surface area contributed by atoms with Crippen molar-refractivity contribution >= 4 is 5.78 Å². The Bertz CT molecular complexity index is 695. The summed E-state index contributed by atoms with van der Waals surface area (Å²) in [6.45, 7) is 0.145. The minimum absolute atomic E-state index is 0.0247. The third kappa shape index (κ3) is 2.06. The van der Waals surface area contributed by atoms with E-state index in [1.54, 1.807) is 24.3 Å². The predicted molar refractivity (Wildman–Crippen MR) is 67.3 cm³/mol. The van der Waals surface area contributed by atoms with Crippen LogP contribution >= 0.6 is 0 Å². The van der Waals surface area contributed by atoms with Crippen LogP contribution in [0.4, 0.5) is 0 Å². The molecule has 6 heteroatoms. The molecule has 2 aromatic rings. The fraction of sp³-hybridized carbons (Fsp3) is 0.143. The standard InChI is InChI=1S/C14H9N3O3/c15-7-10(13(18)14-16-4-1-5-17-14)9-2-3-11-12(6-9)20-8-19-11/h1-6,10H,8H2. The van der Waals surface area contributed by atoms with Crippen LogP contribution in [0.1, 0.15) is 22.1 Å². The number of ether oxygens (including phenoxy) is 2. The molecule has 0 spiro atoms. The number of carbonyl (C=O) groups excluding carboxylic acids is 1. The van der Waals surface area contributed by atoms with E-state index in [2.05, 4.69) is 9.97 Å². The van der Waals surface area contributed by atoms with Gasteiger partial charge in [0.05, 0.1) is 6.07 Å². The van der Waals surface area contributed by atoms with Gasteiger partial charge in [0.25, 0.3) is 0 Å². The largest absolute Gasteiger partial charge is 0.454 e. The van der Waals surface area contributed by atoms with Crippen molar-refractivity contribution in [3.05, 3.63) is 48.0 Å². The lowest BCUT2D eigenvalue weighted by molar-refractivity contribution is 0.0968. The van der Waals surface area contributed by atoms with Gasteiger partial charge in [0.15, 0.2) is 17.3 Å². The molecule has 3 rings (SSSR count). The molecular weight excluding hydrogens is 258 g/mol. The highest BCUT2D eigenvalue weighted by Gasteiger charge is 2.26. The van der Waals surface area contributed by atoms with Gasteiger partial charge in [-0.1, -0.05) is 6.07 Å². The lowest BCUT2D eigenvalue weighted by Crippen LogP contribution is -2.14. The number of hydrogen-bond donors (Lipinski definition) is 0. The maximum absolute atomic E-state index is 12.3. The van der Waals surface area contributed by atoms with Crippen molar-refractivity contribution in [3.8, 4) is 17.6 Å². The van der Waals surface area contributed by atoms with Crippen molar-refractivity contribution in [3.63, 3.8) is 0 Å². The molecule has 2 heterocycles. The van der Waals surface area contributed by atoms with E-state index in [4.69, 9.17) is 9.47 Å². The Morgan fingerprint density at radius 1 is 1.25 bits per heavy atom. The zero-order chi connectivity index (χ0) is 13.9. The second-order valence-electron chi connectivity index (χ2n) is 4.11. The van der Waals surface area contributed by atoms with E-state index < -0.39 is 11.7 Å². The topological polar surface area (TPSA) is 85.1 Å². The second-order valence-corrected chi connectivity index (χ2v) is 4.11. The first-order valence-electron chi connectivity index (χ1n) is 5.90. The number of carbonyl (C=O) groups is 1. The molecule has 0 saturated carbocycles. The van der Waals surface area contributed by atoms with Crippen LogP contribution in [0.2, 0.25) is 0 Å². The van der Waals surface area contributed by atoms with Gasteiger partial charge in [-0.2, -0.15) is 5.26 Å². The van der Waals surface area contributed by atoms with Crippen LogP contribution in [-0.4, -0.2) is 22.5 Å². The first kappa shape index (κ1) is 12.1. The summed E-state index contributed by atoms with van der Waals surface area (Å²) in [4.78, 5) is 20.0. The summed E-state index contributed by atoms with van der Waals surface area (Å²) in [6.07, 6.45) is 2.93. The zero-order valence-electron chi connectivity index (χ0n) is 10.3. The molecule has 0 bridgehead atoms. The smallest absolute Gasteiger partial charge is 0.231 e. The lowest BCUT2D eigenvalue weighted by Gasteiger charge is -2.08. The Morgan fingerprint density at radius 3 is 2.75 bits per heavy atom. The van der Waals surface area contributed by atoms with Gasteiger partial charge in [-0.05, 0) is 23.8 Å². The van der Waals surface area contributed by atoms with Crippen LogP contribution < -0.4 is 9.47 Å². The van der Waals surface area contributed by atoms with Crippen LogP contribution in [0.15, 0.2) is 36.7 Å². The number of rotatable bonds is 3. The number of aromatic nitrogens is 2. The van der Waals surface area contributed by atoms with Crippen LogP contribution in [0, 0.1) is 11.3 Å². The van der Waals surface area contributed by atoms with Crippen molar-refractivity contribution in [1.29, 1.82) is 5.26 Å². The summed E-state index contributed by atoms with van der Waals surface area (Å²) >= 11 is 0. The van der Waals surface area contributed by atoms with Crippen LogP contribution in [-0.2, 0) is 0 Å². The minimum atomic E-state index is -0.966. The average molecular weight is 267 g/mol. The maximum atomic E-state index is 12.3. The van der Waals surface area contributed by atoms with Gasteiger partial charge in [-0.3, -0.25) is 4.79 Å². The summed E-state index contributed by atoms with van der Waals surface area (Å²) in [5, 5.41) is 9.26. The van der Waals surface area contributed by atoms with Gasteiger partial charge in [0.1, 0.15) is 5.92 Å². The molecule has 1 unspecified atom stereocenters. The molecule has 1 aromatic heterocycles. The lowest BCUT2D eigenvalue weighted by atomic mass is 9.95. The van der Waals surface area contributed by atoms with Crippen LogP contribution in [0.5, 0.6) is 11.5 Å². The molecule has 0 radical (unpaired) electrons. The summed E-state index contributed by atoms with van der Waals surface area (Å²) in [5.41, 5.74) is 0.536. The summed E-state index contributed by atoms with van der Waals surface area (Å²) in [5.74, 6) is -0.242. The Labute approximate surface area is 114 Å². The monoisotopic (exact) mass is 267 g/mol. The molecule has 20 heavy (non-hydrogen) atoms. The number of ketones is 1. The van der Waals surface area contributed by atoms with Crippen molar-refractivity contribution < 1.29 is 14.3 Å². The van der Waals surface area contributed by atoms with Gasteiger partial charge in [0, 0.05) is 12.4 Å². The average Bonchev–Trinajstić information content (AvgIpc) is 2.96. The SMILES string of the molecule is N#CC(C(=O)c1ncccn1)c1ccc2c(c1)OCO2. The van der Waals surface area contributed by atoms with Crippen molar-refractivity contribution in [2.75, 3.05) is 6.79 Å². The third-order valence-electron chi connectivity index (χ3n) is 2.91. The summed E-state index contributed by atoms with van der Waals surface area (Å²) < 4.78 is 10.4. The van der Waals surface area contributed by atoms with E-state index in [1.807, 2.05) is 6.07 Å². The molecule has 0 saturated heterocycles. The number of nitriles is 1. The Hall–Kier alpha value is -2.94. The molecule has 0 N–H and O–H groups in total. The normalized spacial score (nSPS) is 13.6. The number of nitrogens with zero attached hydrogens (tertiary/aromatic N) is 3. The van der Waals surface area contributed by atoms with E-state index >= 15 is 0 Å². The molecule has 6 nitrogen and oxygen atoms in total. The Kier molecular flexibility index (Phi) is 3.01. The number of fused-ring (bicyclic) bond motifs is 1. The number of Topliss-reactive ketones (excluding diaryl/α,β-unsaturated/α-hetero) is 1. The first-order valence-corrected chi connectivity index (χ1v) is 5.90. The third-order valence-corrected chi connectivity index (χ3v) is 2.91. The quantitative estimate of drug-likeness (QED) is 0.787. The Morgan fingerprint density at radius 2 is 2.00 bits per heavy atom. The van der Waals surface area contributed by atoms with Crippen molar-refractivity contribution in [2.45, 2.75) is 5.92 Å². The molecular formula is C14H9N3O3. The fourth-order valence-corrected chi connectivity index (χ4v) is 1.93. The highest BCUT2D eigenvalue weighted by molar-refractivity contribution is 5.99. The van der Waals surface area contributed by atoms with E-state index in [9.17, 15) is 10.1 Å². The van der Waals surface area contributed by atoms with Crippen molar-refractivity contribution in [2.24, 2.45) is 0 Å². The molecule has 1 aliphatic rings. The zero-order valence-corrected chi connectivity index (χ0v) is 10.3. The van der Waals surface area contributed by atoms with E-state index in [0.717, 1.165) is 0 Å². The van der Waals surface area contributed by atoms with Gasteiger partial charge in [0.2, 0.25) is 12.6 Å². The van der Waals surface area contributed by atoms with Gasteiger partial charge in [-0.25, -0.2) is 9.97 Å². The predicted octanol–water partition coefficient (Wildman–Crippen LogP) is 1.70. The molecule has 0 fully saturated rings. The summed E-state index contributed by atoms with van der Waals surface area (Å²) in [6, 6.07) is 8.58. The second kappa shape index (κ2) is 4.97. The highest BCUT2D eigenvalue weighted by atomic mass is 16.7. The van der Waals surface area contributed by atoms with Gasteiger partial charge >= 0.3 is 0 Å². The van der Waals surface area contributed by atoms with E-state index in [1.165, 1.54) is 12.4 Å². The molecule has 0 aliphatic carbocycles. The molecule has 1 aliphatic heterocycles. The minimum Gasteiger partial charge on any atom is -0.454 e.